The van der Waals surface area contributed by atoms with Crippen molar-refractivity contribution in [3.63, 3.8) is 0 Å². The number of carbonyl (C=O) groups is 2. The molecule has 0 aromatic heterocycles. The van der Waals surface area contributed by atoms with E-state index in [0.717, 1.165) is 17.4 Å². The van der Waals surface area contributed by atoms with Crippen LogP contribution < -0.4 is 0 Å². The van der Waals surface area contributed by atoms with E-state index < -0.39 is 12.0 Å². The van der Waals surface area contributed by atoms with Crippen molar-refractivity contribution >= 4 is 29.4 Å². The minimum atomic E-state index is -0.581. The number of rotatable bonds is 6. The maximum Gasteiger partial charge on any atom is 0.246 e. The first-order chi connectivity index (χ1) is 18.8. The number of hydrazone groups is 1. The molecule has 7 nitrogen and oxygen atoms in total. The summed E-state index contributed by atoms with van der Waals surface area (Å²) in [6, 6.07) is 14.0. The summed E-state index contributed by atoms with van der Waals surface area (Å²) in [5.74, 6) is -0.220. The number of hydrogen-bond donors (Lipinski definition) is 0. The van der Waals surface area contributed by atoms with E-state index in [-0.39, 0.29) is 17.6 Å². The lowest BCUT2D eigenvalue weighted by molar-refractivity contribution is -0.127. The van der Waals surface area contributed by atoms with Crippen LogP contribution in [-0.4, -0.2) is 77.9 Å². The fourth-order valence-electron chi connectivity index (χ4n) is 5.36. The highest BCUT2D eigenvalue weighted by Crippen LogP contribution is 2.35. The van der Waals surface area contributed by atoms with Gasteiger partial charge in [-0.2, -0.15) is 5.10 Å². The molecular weight excluding hydrogens is 493 g/mol. The molecule has 204 valence electrons. The second-order valence-electron chi connectivity index (χ2n) is 10.1. The standard InChI is InChI=1S/C31H36FN5O2/c1-6-30(39)35-15-17-36(18-16-35)31(33-5)37-29(27(20-38)24-12-8-7-11-23(24)21(2)3)19-26(22(4)34-37)25-13-9-10-14-28(25)32/h6-14,19-21,27,29H,1,15-18H2,2-5H3/b33-31-. The number of guanidine groups is 1. The number of hydrogen-bond acceptors (Lipinski definition) is 4. The molecule has 1 fully saturated rings. The van der Waals surface area contributed by atoms with E-state index in [2.05, 4.69) is 30.3 Å². The number of benzene rings is 2. The highest BCUT2D eigenvalue weighted by molar-refractivity contribution is 6.23. The van der Waals surface area contributed by atoms with Gasteiger partial charge < -0.3 is 14.6 Å². The second-order valence-corrected chi connectivity index (χ2v) is 10.1. The molecule has 2 unspecified atom stereocenters. The Hall–Kier alpha value is -4.07. The van der Waals surface area contributed by atoms with Gasteiger partial charge >= 0.3 is 0 Å². The van der Waals surface area contributed by atoms with Gasteiger partial charge in [0.15, 0.2) is 0 Å². The van der Waals surface area contributed by atoms with E-state index in [4.69, 9.17) is 5.10 Å². The van der Waals surface area contributed by atoms with Crippen molar-refractivity contribution in [2.45, 2.75) is 38.6 Å². The van der Waals surface area contributed by atoms with Crippen LogP contribution in [0.15, 0.2) is 77.4 Å². The zero-order chi connectivity index (χ0) is 28.1. The van der Waals surface area contributed by atoms with Crippen LogP contribution >= 0.6 is 0 Å². The molecule has 0 spiro atoms. The molecule has 1 saturated heterocycles. The average molecular weight is 530 g/mol. The van der Waals surface area contributed by atoms with Crippen molar-refractivity contribution in [2.24, 2.45) is 10.1 Å². The Morgan fingerprint density at radius 1 is 1.05 bits per heavy atom. The molecule has 2 aliphatic rings. The predicted molar refractivity (Wildman–Crippen MR) is 154 cm³/mol. The molecule has 2 aliphatic heterocycles. The molecule has 2 aromatic rings. The van der Waals surface area contributed by atoms with Crippen LogP contribution in [0.4, 0.5) is 4.39 Å². The van der Waals surface area contributed by atoms with Crippen LogP contribution in [0.25, 0.3) is 5.57 Å². The highest BCUT2D eigenvalue weighted by Gasteiger charge is 2.37. The Balaban J connectivity index is 1.79. The molecule has 0 saturated carbocycles. The van der Waals surface area contributed by atoms with Crippen molar-refractivity contribution in [1.82, 2.24) is 14.8 Å². The first-order valence-corrected chi connectivity index (χ1v) is 13.3. The summed E-state index contributed by atoms with van der Waals surface area (Å²) in [6.45, 7) is 11.8. The number of nitrogens with zero attached hydrogens (tertiary/aromatic N) is 5. The molecule has 0 radical (unpaired) electrons. The van der Waals surface area contributed by atoms with Gasteiger partial charge in [-0.1, -0.05) is 62.9 Å². The predicted octanol–water partition coefficient (Wildman–Crippen LogP) is 4.69. The van der Waals surface area contributed by atoms with Gasteiger partial charge in [0.1, 0.15) is 12.1 Å². The number of carbonyl (C=O) groups excluding carboxylic acids is 2. The lowest BCUT2D eigenvalue weighted by Gasteiger charge is -2.42. The molecule has 1 amide bonds. The third-order valence-electron chi connectivity index (χ3n) is 7.38. The summed E-state index contributed by atoms with van der Waals surface area (Å²) in [5.41, 5.74) is 3.71. The van der Waals surface area contributed by atoms with Gasteiger partial charge in [0.2, 0.25) is 11.9 Å². The molecule has 0 bridgehead atoms. The van der Waals surface area contributed by atoms with Crippen molar-refractivity contribution in [3.8, 4) is 0 Å². The summed E-state index contributed by atoms with van der Waals surface area (Å²) in [7, 11) is 1.70. The summed E-state index contributed by atoms with van der Waals surface area (Å²) in [5, 5.41) is 6.73. The fraction of sp³-hybridized carbons (Fsp3) is 0.355. The third kappa shape index (κ3) is 5.70. The Kier molecular flexibility index (Phi) is 8.74. The average Bonchev–Trinajstić information content (AvgIpc) is 2.95. The monoisotopic (exact) mass is 529 g/mol. The maximum absolute atomic E-state index is 14.9. The highest BCUT2D eigenvalue weighted by atomic mass is 19.1. The lowest BCUT2D eigenvalue weighted by Crippen LogP contribution is -2.56. The van der Waals surface area contributed by atoms with Crippen LogP contribution in [0.1, 0.15) is 49.3 Å². The van der Waals surface area contributed by atoms with Crippen LogP contribution in [0.3, 0.4) is 0 Å². The summed E-state index contributed by atoms with van der Waals surface area (Å²) in [4.78, 5) is 33.4. The summed E-state index contributed by atoms with van der Waals surface area (Å²) in [6.07, 6.45) is 4.23. The summed E-state index contributed by atoms with van der Waals surface area (Å²) < 4.78 is 14.9. The Morgan fingerprint density at radius 2 is 1.67 bits per heavy atom. The van der Waals surface area contributed by atoms with E-state index in [0.29, 0.717) is 49.0 Å². The third-order valence-corrected chi connectivity index (χ3v) is 7.38. The number of piperazine rings is 1. The molecule has 0 aliphatic carbocycles. The number of aldehydes is 1. The van der Waals surface area contributed by atoms with Gasteiger partial charge in [0, 0.05) is 44.4 Å². The van der Waals surface area contributed by atoms with Crippen LogP contribution in [-0.2, 0) is 9.59 Å². The minimum Gasteiger partial charge on any atom is -0.338 e. The first kappa shape index (κ1) is 28.0. The topological polar surface area (TPSA) is 68.6 Å². The van der Waals surface area contributed by atoms with Gasteiger partial charge in [0.05, 0.1) is 17.7 Å². The van der Waals surface area contributed by atoms with Crippen LogP contribution in [0.5, 0.6) is 0 Å². The summed E-state index contributed by atoms with van der Waals surface area (Å²) >= 11 is 0. The molecule has 39 heavy (non-hydrogen) atoms. The van der Waals surface area contributed by atoms with Crippen LogP contribution in [0.2, 0.25) is 0 Å². The van der Waals surface area contributed by atoms with E-state index in [1.54, 1.807) is 35.2 Å². The number of halogens is 1. The smallest absolute Gasteiger partial charge is 0.246 e. The van der Waals surface area contributed by atoms with Crippen LogP contribution in [0, 0.1) is 5.82 Å². The van der Waals surface area contributed by atoms with E-state index >= 15 is 0 Å². The van der Waals surface area contributed by atoms with Crippen molar-refractivity contribution < 1.29 is 14.0 Å². The molecule has 8 heteroatoms. The van der Waals surface area contributed by atoms with E-state index in [1.807, 2.05) is 37.3 Å². The van der Waals surface area contributed by atoms with Crippen molar-refractivity contribution in [3.05, 3.63) is 89.8 Å². The molecule has 2 atom stereocenters. The SMILES string of the molecule is C=CC(=O)N1CCN(/C(=N/C)N2N=C(C)C(c3ccccc3F)=CC2C(C=O)c2ccccc2C(C)C)CC1. The second kappa shape index (κ2) is 12.2. The molecular formula is C31H36FN5O2. The Bertz CT molecular complexity index is 1320. The number of allylic oxidation sites excluding steroid dienone is 1. The number of aliphatic imine (C=N–C) groups is 1. The quantitative estimate of drug-likeness (QED) is 0.236. The normalized spacial score (nSPS) is 19.0. The molecule has 4 rings (SSSR count). The zero-order valence-corrected chi connectivity index (χ0v) is 23.0. The lowest BCUT2D eigenvalue weighted by atomic mass is 9.83. The minimum absolute atomic E-state index is 0.0990. The Morgan fingerprint density at radius 3 is 2.26 bits per heavy atom. The fourth-order valence-corrected chi connectivity index (χ4v) is 5.36. The largest absolute Gasteiger partial charge is 0.338 e. The molecule has 2 aromatic carbocycles. The van der Waals surface area contributed by atoms with Gasteiger partial charge in [-0.05, 0) is 42.2 Å². The van der Waals surface area contributed by atoms with E-state index in [1.165, 1.54) is 12.1 Å². The maximum atomic E-state index is 14.9. The van der Waals surface area contributed by atoms with Gasteiger partial charge in [0.25, 0.3) is 0 Å². The van der Waals surface area contributed by atoms with Crippen molar-refractivity contribution in [2.75, 3.05) is 33.2 Å². The zero-order valence-electron chi connectivity index (χ0n) is 23.0. The van der Waals surface area contributed by atoms with Gasteiger partial charge in [-0.3, -0.25) is 9.79 Å². The van der Waals surface area contributed by atoms with Gasteiger partial charge in [-0.15, -0.1) is 0 Å². The Labute approximate surface area is 230 Å². The first-order valence-electron chi connectivity index (χ1n) is 13.3. The van der Waals surface area contributed by atoms with Crippen molar-refractivity contribution in [1.29, 1.82) is 0 Å². The number of amides is 1. The van der Waals surface area contributed by atoms with Gasteiger partial charge in [-0.25, -0.2) is 9.40 Å². The molecule has 2 heterocycles. The molecule has 0 N–H and O–H groups in total. The van der Waals surface area contributed by atoms with E-state index in [9.17, 15) is 14.0 Å².